The molecule has 0 N–H and O–H groups in total. The van der Waals surface area contributed by atoms with Crippen molar-refractivity contribution in [2.24, 2.45) is 0 Å². The predicted molar refractivity (Wildman–Crippen MR) is 91.6 cm³/mol. The van der Waals surface area contributed by atoms with Crippen molar-refractivity contribution in [2.75, 3.05) is 7.05 Å². The van der Waals surface area contributed by atoms with Gasteiger partial charge in [0.15, 0.2) is 4.67 Å². The van der Waals surface area contributed by atoms with Gasteiger partial charge < -0.3 is 4.42 Å². The van der Waals surface area contributed by atoms with Gasteiger partial charge in [0.25, 0.3) is 0 Å². The molecule has 0 unspecified atom stereocenters. The number of rotatable bonds is 4. The van der Waals surface area contributed by atoms with Crippen LogP contribution in [0.3, 0.4) is 0 Å². The van der Waals surface area contributed by atoms with Gasteiger partial charge in [0.2, 0.25) is 10.0 Å². The van der Waals surface area contributed by atoms with E-state index in [1.807, 2.05) is 6.92 Å². The maximum Gasteiger partial charge on any atom is 0.244 e. The van der Waals surface area contributed by atoms with Gasteiger partial charge in [-0.25, -0.2) is 8.42 Å². The summed E-state index contributed by atoms with van der Waals surface area (Å²) in [4.78, 5) is 0.216. The molecule has 4 nitrogen and oxygen atoms in total. The monoisotopic (exact) mass is 499 g/mol. The summed E-state index contributed by atoms with van der Waals surface area (Å²) in [5.74, 6) is 0.565. The summed E-state index contributed by atoms with van der Waals surface area (Å²) in [6, 6.07) is 6.84. The zero-order valence-corrected chi connectivity index (χ0v) is 16.8. The molecule has 1 heterocycles. The highest BCUT2D eigenvalue weighted by molar-refractivity contribution is 9.11. The van der Waals surface area contributed by atoms with E-state index in [0.717, 1.165) is 10.0 Å². The van der Waals surface area contributed by atoms with Crippen molar-refractivity contribution in [1.29, 1.82) is 0 Å². The summed E-state index contributed by atoms with van der Waals surface area (Å²) >= 11 is 9.88. The maximum atomic E-state index is 12.6. The minimum atomic E-state index is -3.62. The quantitative estimate of drug-likeness (QED) is 0.610. The third-order valence-electron chi connectivity index (χ3n) is 2.91. The molecule has 1 aromatic heterocycles. The van der Waals surface area contributed by atoms with Crippen LogP contribution in [0.15, 0.2) is 47.2 Å². The van der Waals surface area contributed by atoms with Crippen LogP contribution in [0.2, 0.25) is 0 Å². The number of halogens is 3. The lowest BCUT2D eigenvalue weighted by atomic mass is 10.2. The molecule has 0 radical (unpaired) electrons. The molecule has 0 aliphatic heterocycles. The summed E-state index contributed by atoms with van der Waals surface area (Å²) in [7, 11) is -2.10. The van der Waals surface area contributed by atoms with Crippen LogP contribution in [0, 0.1) is 6.92 Å². The topological polar surface area (TPSA) is 50.5 Å². The summed E-state index contributed by atoms with van der Waals surface area (Å²) in [5, 5.41) is 0. The van der Waals surface area contributed by atoms with Crippen molar-refractivity contribution in [1.82, 2.24) is 4.31 Å². The Labute approximate surface area is 149 Å². The lowest BCUT2D eigenvalue weighted by Gasteiger charge is -2.17. The zero-order chi connectivity index (χ0) is 15.8. The molecule has 1 aromatic carbocycles. The molecule has 114 valence electrons. The molecule has 0 bridgehead atoms. The van der Waals surface area contributed by atoms with Crippen molar-refractivity contribution in [3.8, 4) is 0 Å². The fourth-order valence-corrected chi connectivity index (χ4v) is 4.85. The Balaban J connectivity index is 2.35. The molecule has 21 heavy (non-hydrogen) atoms. The largest absolute Gasteiger partial charge is 0.453 e. The molecule has 0 saturated carbocycles. The first-order valence-electron chi connectivity index (χ1n) is 5.88. The average molecular weight is 502 g/mol. The summed E-state index contributed by atoms with van der Waals surface area (Å²) in [6.45, 7) is 2.06. The van der Waals surface area contributed by atoms with Crippen LogP contribution in [-0.2, 0) is 16.6 Å². The lowest BCUT2D eigenvalue weighted by molar-refractivity contribution is 0.398. The minimum absolute atomic E-state index is 0.159. The Morgan fingerprint density at radius 2 is 1.81 bits per heavy atom. The van der Waals surface area contributed by atoms with Gasteiger partial charge in [0.05, 0.1) is 11.4 Å². The highest BCUT2D eigenvalue weighted by Crippen LogP contribution is 2.31. The molecule has 0 saturated heterocycles. The molecular weight excluding hydrogens is 490 g/mol. The second-order valence-corrected chi connectivity index (χ2v) is 9.00. The number of hydrogen-bond acceptors (Lipinski definition) is 3. The van der Waals surface area contributed by atoms with E-state index >= 15 is 0 Å². The highest BCUT2D eigenvalue weighted by atomic mass is 79.9. The Morgan fingerprint density at radius 3 is 2.38 bits per heavy atom. The normalized spacial score (nSPS) is 12.1. The molecule has 0 spiro atoms. The van der Waals surface area contributed by atoms with E-state index < -0.39 is 10.0 Å². The van der Waals surface area contributed by atoms with Crippen molar-refractivity contribution < 1.29 is 12.8 Å². The average Bonchev–Trinajstić information content (AvgIpc) is 2.79. The molecule has 2 rings (SSSR count). The molecule has 0 aliphatic carbocycles. The maximum absolute atomic E-state index is 12.6. The Bertz CT molecular complexity index is 771. The van der Waals surface area contributed by atoms with Crippen LogP contribution in [0.5, 0.6) is 0 Å². The van der Waals surface area contributed by atoms with Gasteiger partial charge in [0.1, 0.15) is 5.76 Å². The van der Waals surface area contributed by atoms with E-state index in [0.29, 0.717) is 14.9 Å². The van der Waals surface area contributed by atoms with E-state index in [-0.39, 0.29) is 11.4 Å². The smallest absolute Gasteiger partial charge is 0.244 e. The number of nitrogens with zero attached hydrogens (tertiary/aromatic N) is 1. The standard InChI is InChI=1S/C13H12Br3NO3S/c1-8-5-11(15)12(6-10(8)14)21(18,19)17(2)7-9-3-4-13(16)20-9/h3-6H,7H2,1-2H3. The van der Waals surface area contributed by atoms with Gasteiger partial charge in [-0.05, 0) is 68.6 Å². The van der Waals surface area contributed by atoms with Crippen molar-refractivity contribution >= 4 is 57.8 Å². The Kier molecular flexibility index (Phi) is 5.36. The van der Waals surface area contributed by atoms with E-state index in [4.69, 9.17) is 4.42 Å². The highest BCUT2D eigenvalue weighted by Gasteiger charge is 2.25. The fourth-order valence-electron chi connectivity index (χ4n) is 1.73. The van der Waals surface area contributed by atoms with Gasteiger partial charge in [0, 0.05) is 16.0 Å². The SMILES string of the molecule is Cc1cc(Br)c(S(=O)(=O)N(C)Cc2ccc(Br)o2)cc1Br. The van der Waals surface area contributed by atoms with Gasteiger partial charge in [-0.2, -0.15) is 4.31 Å². The second kappa shape index (κ2) is 6.54. The number of sulfonamides is 1. The summed E-state index contributed by atoms with van der Waals surface area (Å²) in [6.07, 6.45) is 0. The predicted octanol–water partition coefficient (Wildman–Crippen LogP) is 4.70. The Hall–Kier alpha value is -0.150. The first-order chi connectivity index (χ1) is 9.71. The number of aryl methyl sites for hydroxylation is 1. The first kappa shape index (κ1) is 17.2. The fraction of sp³-hybridized carbons (Fsp3) is 0.231. The van der Waals surface area contributed by atoms with Crippen LogP contribution in [0.25, 0.3) is 0 Å². The van der Waals surface area contributed by atoms with E-state index in [9.17, 15) is 8.42 Å². The van der Waals surface area contributed by atoms with Crippen molar-refractivity contribution in [2.45, 2.75) is 18.4 Å². The molecule has 8 heteroatoms. The number of benzene rings is 1. The molecule has 0 fully saturated rings. The minimum Gasteiger partial charge on any atom is -0.453 e. The van der Waals surface area contributed by atoms with Crippen LogP contribution in [0.1, 0.15) is 11.3 Å². The molecule has 0 amide bonds. The van der Waals surface area contributed by atoms with E-state index in [1.54, 1.807) is 24.3 Å². The zero-order valence-electron chi connectivity index (χ0n) is 11.2. The Morgan fingerprint density at radius 1 is 1.14 bits per heavy atom. The molecule has 0 aliphatic rings. The molecule has 2 aromatic rings. The van der Waals surface area contributed by atoms with Gasteiger partial charge in [-0.3, -0.25) is 0 Å². The van der Waals surface area contributed by atoms with Crippen molar-refractivity contribution in [3.05, 3.63) is 49.2 Å². The van der Waals surface area contributed by atoms with Crippen LogP contribution in [-0.4, -0.2) is 19.8 Å². The first-order valence-corrected chi connectivity index (χ1v) is 9.70. The summed E-state index contributed by atoms with van der Waals surface area (Å²) < 4.78 is 33.8. The van der Waals surface area contributed by atoms with Crippen LogP contribution in [0.4, 0.5) is 0 Å². The van der Waals surface area contributed by atoms with Crippen molar-refractivity contribution in [3.63, 3.8) is 0 Å². The van der Waals surface area contributed by atoms with Crippen LogP contribution < -0.4 is 0 Å². The second-order valence-electron chi connectivity index (χ2n) is 4.50. The summed E-state index contributed by atoms with van der Waals surface area (Å²) in [5.41, 5.74) is 0.957. The van der Waals surface area contributed by atoms with E-state index in [2.05, 4.69) is 47.8 Å². The number of hydrogen-bond donors (Lipinski definition) is 0. The molecule has 0 atom stereocenters. The van der Waals surface area contributed by atoms with Gasteiger partial charge in [-0.1, -0.05) is 15.9 Å². The van der Waals surface area contributed by atoms with Gasteiger partial charge in [-0.15, -0.1) is 0 Å². The van der Waals surface area contributed by atoms with Crippen LogP contribution >= 0.6 is 47.8 Å². The third-order valence-corrected chi connectivity index (χ3v) is 6.95. The third kappa shape index (κ3) is 3.79. The van der Waals surface area contributed by atoms with E-state index in [1.165, 1.54) is 11.4 Å². The number of furan rings is 1. The molecular formula is C13H12Br3NO3S. The van der Waals surface area contributed by atoms with Gasteiger partial charge >= 0.3 is 0 Å². The lowest BCUT2D eigenvalue weighted by Crippen LogP contribution is -2.26.